The zero-order valence-electron chi connectivity index (χ0n) is 14.0. The highest BCUT2D eigenvalue weighted by molar-refractivity contribution is 5.92. The predicted octanol–water partition coefficient (Wildman–Crippen LogP) is 3.02. The first-order valence-corrected chi connectivity index (χ1v) is 7.64. The molecule has 0 aliphatic heterocycles. The molecule has 2 aromatic heterocycles. The first kappa shape index (κ1) is 17.1. The number of aromatic nitrogens is 3. The second-order valence-electron chi connectivity index (χ2n) is 5.59. The summed E-state index contributed by atoms with van der Waals surface area (Å²) < 4.78 is 0.878. The Morgan fingerprint density at radius 2 is 2.08 bits per heavy atom. The smallest absolute Gasteiger partial charge is 0.293 e. The lowest BCUT2D eigenvalue weighted by Crippen LogP contribution is -2.08. The maximum absolute atomic E-state index is 11.3. The van der Waals surface area contributed by atoms with Gasteiger partial charge in [-0.25, -0.2) is 4.98 Å². The number of hydrogen-bond acceptors (Lipinski definition) is 6. The molecule has 2 heterocycles. The maximum atomic E-state index is 11.3. The second-order valence-corrected chi connectivity index (χ2v) is 5.59. The van der Waals surface area contributed by atoms with Gasteiger partial charge in [-0.05, 0) is 31.2 Å². The fourth-order valence-electron chi connectivity index (χ4n) is 2.66. The number of nitrogens with zero attached hydrogens (tertiary/aromatic N) is 4. The van der Waals surface area contributed by atoms with Crippen LogP contribution < -0.4 is 5.32 Å². The number of nitro groups is 1. The molecular weight excluding hydrogens is 338 g/mol. The molecule has 1 aromatic carbocycles. The third-order valence-corrected chi connectivity index (χ3v) is 3.73. The highest BCUT2D eigenvalue weighted by Gasteiger charge is 2.21. The van der Waals surface area contributed by atoms with E-state index in [0.717, 1.165) is 4.73 Å². The zero-order chi connectivity index (χ0) is 18.8. The van der Waals surface area contributed by atoms with E-state index in [1.807, 2.05) is 0 Å². The SMILES string of the molecule is CC(=O)Nc1ccc(-c2nc(C)c(-c3cccnc3)n2O)cc1[N+](=O)[O-]. The molecule has 0 unspecified atom stereocenters. The zero-order valence-corrected chi connectivity index (χ0v) is 14.0. The minimum atomic E-state index is -0.603. The van der Waals surface area contributed by atoms with E-state index in [9.17, 15) is 20.1 Å². The molecule has 1 amide bonds. The van der Waals surface area contributed by atoms with E-state index < -0.39 is 10.8 Å². The predicted molar refractivity (Wildman–Crippen MR) is 93.8 cm³/mol. The number of nitrogens with one attached hydrogen (secondary N) is 1. The lowest BCUT2D eigenvalue weighted by molar-refractivity contribution is -0.383. The highest BCUT2D eigenvalue weighted by atomic mass is 16.6. The average Bonchev–Trinajstić information content (AvgIpc) is 2.90. The fraction of sp³-hybridized carbons (Fsp3) is 0.118. The van der Waals surface area contributed by atoms with E-state index in [-0.39, 0.29) is 17.2 Å². The first-order valence-electron chi connectivity index (χ1n) is 7.64. The number of carbonyl (C=O) groups is 1. The van der Waals surface area contributed by atoms with Gasteiger partial charge in [-0.2, -0.15) is 4.73 Å². The summed E-state index contributed by atoms with van der Waals surface area (Å²) in [5.41, 5.74) is 1.78. The third-order valence-electron chi connectivity index (χ3n) is 3.73. The van der Waals surface area contributed by atoms with Crippen LogP contribution in [0.5, 0.6) is 0 Å². The van der Waals surface area contributed by atoms with E-state index in [0.29, 0.717) is 22.5 Å². The topological polar surface area (TPSA) is 123 Å². The third kappa shape index (κ3) is 3.09. The largest absolute Gasteiger partial charge is 0.426 e. The van der Waals surface area contributed by atoms with Crippen LogP contribution in [0.15, 0.2) is 42.7 Å². The first-order chi connectivity index (χ1) is 12.4. The van der Waals surface area contributed by atoms with Crippen LogP contribution in [0, 0.1) is 17.0 Å². The van der Waals surface area contributed by atoms with Crippen LogP contribution in [-0.2, 0) is 4.79 Å². The van der Waals surface area contributed by atoms with Crippen LogP contribution in [0.4, 0.5) is 11.4 Å². The Hall–Kier alpha value is -3.75. The Labute approximate surface area is 148 Å². The average molecular weight is 353 g/mol. The van der Waals surface area contributed by atoms with Crippen LogP contribution in [0.25, 0.3) is 22.6 Å². The van der Waals surface area contributed by atoms with Gasteiger partial charge in [0.1, 0.15) is 11.4 Å². The molecule has 0 atom stereocenters. The van der Waals surface area contributed by atoms with Crippen molar-refractivity contribution in [1.29, 1.82) is 0 Å². The lowest BCUT2D eigenvalue weighted by Gasteiger charge is -2.07. The van der Waals surface area contributed by atoms with Crippen LogP contribution in [0.3, 0.4) is 0 Å². The van der Waals surface area contributed by atoms with Gasteiger partial charge >= 0.3 is 0 Å². The van der Waals surface area contributed by atoms with Crippen molar-refractivity contribution in [3.05, 3.63) is 58.5 Å². The van der Waals surface area contributed by atoms with E-state index in [1.54, 1.807) is 37.5 Å². The quantitative estimate of drug-likeness (QED) is 0.422. The minimum absolute atomic E-state index is 0.0755. The Bertz CT molecular complexity index is 998. The van der Waals surface area contributed by atoms with Gasteiger partial charge < -0.3 is 10.5 Å². The molecule has 132 valence electrons. The van der Waals surface area contributed by atoms with Crippen molar-refractivity contribution >= 4 is 17.3 Å². The highest BCUT2D eigenvalue weighted by Crippen LogP contribution is 2.33. The molecular formula is C17H15N5O4. The number of amides is 1. The molecule has 0 spiro atoms. The Kier molecular flexibility index (Phi) is 4.36. The van der Waals surface area contributed by atoms with Crippen molar-refractivity contribution in [2.75, 3.05) is 5.32 Å². The molecule has 0 bridgehead atoms. The summed E-state index contributed by atoms with van der Waals surface area (Å²) in [6.45, 7) is 2.99. The van der Waals surface area contributed by atoms with E-state index >= 15 is 0 Å². The lowest BCUT2D eigenvalue weighted by atomic mass is 10.1. The monoisotopic (exact) mass is 353 g/mol. The molecule has 0 fully saturated rings. The molecule has 0 aliphatic rings. The summed E-state index contributed by atoms with van der Waals surface area (Å²) in [5, 5.41) is 24.3. The van der Waals surface area contributed by atoms with Crippen LogP contribution in [0.1, 0.15) is 12.6 Å². The molecule has 0 radical (unpaired) electrons. The van der Waals surface area contributed by atoms with Gasteiger partial charge in [-0.15, -0.1) is 0 Å². The van der Waals surface area contributed by atoms with E-state index in [2.05, 4.69) is 15.3 Å². The van der Waals surface area contributed by atoms with Crippen molar-refractivity contribution in [2.24, 2.45) is 0 Å². The normalized spacial score (nSPS) is 10.5. The van der Waals surface area contributed by atoms with Gasteiger partial charge in [0, 0.05) is 36.5 Å². The second kappa shape index (κ2) is 6.63. The summed E-state index contributed by atoms with van der Waals surface area (Å²) in [6, 6.07) is 7.71. The van der Waals surface area contributed by atoms with Gasteiger partial charge in [-0.1, -0.05) is 0 Å². The number of anilines is 1. The van der Waals surface area contributed by atoms with Gasteiger partial charge in [-0.3, -0.25) is 19.9 Å². The molecule has 9 nitrogen and oxygen atoms in total. The van der Waals surface area contributed by atoms with Gasteiger partial charge in [0.2, 0.25) is 5.91 Å². The molecule has 0 saturated heterocycles. The summed E-state index contributed by atoms with van der Waals surface area (Å²) >= 11 is 0. The fourth-order valence-corrected chi connectivity index (χ4v) is 2.66. The van der Waals surface area contributed by atoms with E-state index in [4.69, 9.17) is 0 Å². The molecule has 3 aromatic rings. The minimum Gasteiger partial charge on any atom is -0.426 e. The number of carbonyl (C=O) groups excluding carboxylic acids is 1. The molecule has 3 rings (SSSR count). The van der Waals surface area contributed by atoms with E-state index in [1.165, 1.54) is 19.1 Å². The van der Waals surface area contributed by atoms with Gasteiger partial charge in [0.05, 0.1) is 10.6 Å². The van der Waals surface area contributed by atoms with Crippen LogP contribution in [0.2, 0.25) is 0 Å². The number of benzene rings is 1. The maximum Gasteiger partial charge on any atom is 0.293 e. The Balaban J connectivity index is 2.12. The molecule has 0 aliphatic carbocycles. The number of nitro benzene ring substituents is 1. The van der Waals surface area contributed by atoms with Crippen molar-refractivity contribution in [1.82, 2.24) is 14.7 Å². The molecule has 2 N–H and O–H groups in total. The summed E-state index contributed by atoms with van der Waals surface area (Å²) in [6.07, 6.45) is 3.20. The summed E-state index contributed by atoms with van der Waals surface area (Å²) in [4.78, 5) is 30.3. The van der Waals surface area contributed by atoms with Gasteiger partial charge in [0.25, 0.3) is 5.69 Å². The summed E-state index contributed by atoms with van der Waals surface area (Å²) in [5.74, 6) is -0.266. The number of aryl methyl sites for hydroxylation is 1. The van der Waals surface area contributed by atoms with Crippen molar-refractivity contribution in [2.45, 2.75) is 13.8 Å². The number of imidazole rings is 1. The number of hydrogen-bond donors (Lipinski definition) is 2. The molecule has 9 heteroatoms. The van der Waals surface area contributed by atoms with Crippen molar-refractivity contribution in [3.63, 3.8) is 0 Å². The molecule has 26 heavy (non-hydrogen) atoms. The van der Waals surface area contributed by atoms with Crippen molar-refractivity contribution in [3.8, 4) is 22.6 Å². The van der Waals surface area contributed by atoms with Crippen molar-refractivity contribution < 1.29 is 14.9 Å². The number of pyridine rings is 1. The molecule has 0 saturated carbocycles. The van der Waals surface area contributed by atoms with Crippen LogP contribution in [-0.4, -0.2) is 30.7 Å². The Morgan fingerprint density at radius 3 is 2.69 bits per heavy atom. The summed E-state index contributed by atoms with van der Waals surface area (Å²) in [7, 11) is 0. The van der Waals surface area contributed by atoms with Gasteiger partial charge in [0.15, 0.2) is 5.82 Å². The Morgan fingerprint density at radius 1 is 1.31 bits per heavy atom. The van der Waals surface area contributed by atoms with Crippen LogP contribution >= 0.6 is 0 Å². The standard InChI is InChI=1S/C17H15N5O4/c1-10-16(13-4-3-7-18-9-13)21(24)17(19-10)12-5-6-14(20-11(2)23)15(8-12)22(25)26/h3-9,24H,1-2H3,(H,20,23). The number of rotatable bonds is 4.